The zero-order valence-corrected chi connectivity index (χ0v) is 70.3. The number of hydrogen-bond acceptors (Lipinski definition) is 15. The van der Waals surface area contributed by atoms with E-state index in [9.17, 15) is 43.2 Å². The standard InChI is InChI=1S/C85H166O17P2/c1-8-9-10-11-12-13-14-15-16-17-18-19-20-21-26-29-32-35-38-46-54-61-68-84(89)101-80(72-95-82(87)66-59-52-45-37-34-31-28-25-23-22-24-27-30-33-36-42-49-56-63-76(2)3)74-99-103(91,92)97-70-79(86)71-98-104(93,94)100-75-81(73-96-83(88)67-60-53-48-41-44-51-58-65-78(6)7)102-85(90)69-62-55-47-40-39-43-50-57-64-77(4)5/h76-81,86H,8-75H2,1-7H3,(H,91,92)(H,93,94)/t79-,80-,81-/m1/s1. The molecule has 0 aromatic rings. The van der Waals surface area contributed by atoms with E-state index >= 15 is 0 Å². The lowest BCUT2D eigenvalue weighted by atomic mass is 10.0. The largest absolute Gasteiger partial charge is 0.472 e. The predicted octanol–water partition coefficient (Wildman–Crippen LogP) is 25.7. The summed E-state index contributed by atoms with van der Waals surface area (Å²) in [5.74, 6) is 0.135. The molecule has 17 nitrogen and oxygen atoms in total. The summed E-state index contributed by atoms with van der Waals surface area (Å²) in [6.45, 7) is 11.9. The van der Waals surface area contributed by atoms with Crippen LogP contribution in [0.25, 0.3) is 0 Å². The molecular weight excluding hydrogens is 1350 g/mol. The normalized spacial score (nSPS) is 13.9. The fourth-order valence-electron chi connectivity index (χ4n) is 13.2. The van der Waals surface area contributed by atoms with Gasteiger partial charge in [0.1, 0.15) is 19.3 Å². The monoisotopic (exact) mass is 1520 g/mol. The van der Waals surface area contributed by atoms with E-state index in [2.05, 4.69) is 48.5 Å². The van der Waals surface area contributed by atoms with Crippen LogP contribution in [-0.4, -0.2) is 96.7 Å². The molecule has 0 radical (unpaired) electrons. The Labute approximate surface area is 638 Å². The molecule has 0 bridgehead atoms. The van der Waals surface area contributed by atoms with Crippen LogP contribution in [0.1, 0.15) is 447 Å². The predicted molar refractivity (Wildman–Crippen MR) is 428 cm³/mol. The Bertz CT molecular complexity index is 2010. The van der Waals surface area contributed by atoms with Gasteiger partial charge in [-0.3, -0.25) is 37.3 Å². The molecule has 2 unspecified atom stereocenters. The second-order valence-electron chi connectivity index (χ2n) is 32.0. The van der Waals surface area contributed by atoms with Gasteiger partial charge < -0.3 is 33.8 Å². The van der Waals surface area contributed by atoms with E-state index in [1.165, 1.54) is 250 Å². The molecule has 104 heavy (non-hydrogen) atoms. The number of phosphoric ester groups is 2. The number of carbonyl (C=O) groups is 4. The minimum absolute atomic E-state index is 0.104. The average Bonchev–Trinajstić information content (AvgIpc) is 0.906. The third-order valence-electron chi connectivity index (χ3n) is 19.9. The van der Waals surface area contributed by atoms with Gasteiger partial charge in [-0.15, -0.1) is 0 Å². The number of hydrogen-bond donors (Lipinski definition) is 3. The summed E-state index contributed by atoms with van der Waals surface area (Å²) < 4.78 is 68.8. The van der Waals surface area contributed by atoms with E-state index in [-0.39, 0.29) is 25.7 Å². The van der Waals surface area contributed by atoms with Crippen molar-refractivity contribution in [2.24, 2.45) is 17.8 Å². The Morgan fingerprint density at radius 1 is 0.260 bits per heavy atom. The van der Waals surface area contributed by atoms with E-state index < -0.39 is 97.5 Å². The van der Waals surface area contributed by atoms with Gasteiger partial charge in [0.25, 0.3) is 0 Å². The van der Waals surface area contributed by atoms with Crippen molar-refractivity contribution in [3.8, 4) is 0 Å². The molecule has 0 fully saturated rings. The summed E-state index contributed by atoms with van der Waals surface area (Å²) in [5.41, 5.74) is 0. The Hall–Kier alpha value is -1.94. The first-order valence-electron chi connectivity index (χ1n) is 43.8. The number of esters is 4. The molecule has 3 N–H and O–H groups in total. The first-order chi connectivity index (χ1) is 50.2. The third kappa shape index (κ3) is 78.2. The molecular formula is C85H166O17P2. The average molecular weight is 1520 g/mol. The molecule has 19 heteroatoms. The second-order valence-corrected chi connectivity index (χ2v) is 34.9. The number of rotatable bonds is 83. The number of aliphatic hydroxyl groups is 1. The summed E-state index contributed by atoms with van der Waals surface area (Å²) in [4.78, 5) is 73.1. The minimum Gasteiger partial charge on any atom is -0.462 e. The maximum absolute atomic E-state index is 13.1. The van der Waals surface area contributed by atoms with Crippen molar-refractivity contribution in [3.63, 3.8) is 0 Å². The molecule has 618 valence electrons. The Kier molecular flexibility index (Phi) is 73.7. The van der Waals surface area contributed by atoms with Crippen molar-refractivity contribution < 1.29 is 80.2 Å². The number of aliphatic hydroxyl groups excluding tert-OH is 1. The van der Waals surface area contributed by atoms with E-state index in [0.717, 1.165) is 108 Å². The smallest absolute Gasteiger partial charge is 0.462 e. The molecule has 0 aromatic carbocycles. The van der Waals surface area contributed by atoms with Crippen molar-refractivity contribution in [2.75, 3.05) is 39.6 Å². The molecule has 0 spiro atoms. The fourth-order valence-corrected chi connectivity index (χ4v) is 14.8. The molecule has 0 aliphatic heterocycles. The molecule has 5 atom stereocenters. The van der Waals surface area contributed by atoms with Gasteiger partial charge in [-0.25, -0.2) is 9.13 Å². The zero-order valence-electron chi connectivity index (χ0n) is 68.5. The van der Waals surface area contributed by atoms with Crippen LogP contribution < -0.4 is 0 Å². The molecule has 0 rings (SSSR count). The fraction of sp³-hybridized carbons (Fsp3) is 0.953. The molecule has 0 aromatic heterocycles. The van der Waals surface area contributed by atoms with Gasteiger partial charge in [-0.1, -0.05) is 395 Å². The van der Waals surface area contributed by atoms with Gasteiger partial charge in [-0.05, 0) is 43.4 Å². The quantitative estimate of drug-likeness (QED) is 0.0222. The van der Waals surface area contributed by atoms with Crippen LogP contribution in [0.4, 0.5) is 0 Å². The summed E-state index contributed by atoms with van der Waals surface area (Å²) in [7, 11) is -9.92. The van der Waals surface area contributed by atoms with Crippen LogP contribution in [-0.2, 0) is 65.4 Å². The van der Waals surface area contributed by atoms with Crippen LogP contribution >= 0.6 is 15.6 Å². The first-order valence-corrected chi connectivity index (χ1v) is 46.8. The van der Waals surface area contributed by atoms with Crippen LogP contribution in [0.15, 0.2) is 0 Å². The van der Waals surface area contributed by atoms with E-state index in [4.69, 9.17) is 37.0 Å². The minimum atomic E-state index is -4.97. The van der Waals surface area contributed by atoms with Gasteiger partial charge in [0.15, 0.2) is 12.2 Å². The second kappa shape index (κ2) is 75.1. The highest BCUT2D eigenvalue weighted by Crippen LogP contribution is 2.45. The highest BCUT2D eigenvalue weighted by molar-refractivity contribution is 7.47. The topological polar surface area (TPSA) is 237 Å². The summed E-state index contributed by atoms with van der Waals surface area (Å²) in [6, 6.07) is 0. The molecule has 0 heterocycles. The van der Waals surface area contributed by atoms with Crippen LogP contribution in [0.3, 0.4) is 0 Å². The molecule has 0 saturated carbocycles. The molecule has 0 aliphatic rings. The van der Waals surface area contributed by atoms with Gasteiger partial charge in [0.2, 0.25) is 0 Å². The van der Waals surface area contributed by atoms with Gasteiger partial charge >= 0.3 is 39.5 Å². The van der Waals surface area contributed by atoms with Gasteiger partial charge in [0.05, 0.1) is 26.4 Å². The molecule has 0 amide bonds. The lowest BCUT2D eigenvalue weighted by Gasteiger charge is -2.21. The zero-order chi connectivity index (χ0) is 76.5. The van der Waals surface area contributed by atoms with Crippen molar-refractivity contribution in [2.45, 2.75) is 465 Å². The van der Waals surface area contributed by atoms with Crippen LogP contribution in [0.2, 0.25) is 0 Å². The highest BCUT2D eigenvalue weighted by atomic mass is 31.2. The number of ether oxygens (including phenoxy) is 4. The molecule has 0 saturated heterocycles. The van der Waals surface area contributed by atoms with E-state index in [1.54, 1.807) is 0 Å². The van der Waals surface area contributed by atoms with Gasteiger partial charge in [0, 0.05) is 25.7 Å². The van der Waals surface area contributed by atoms with E-state index in [0.29, 0.717) is 31.6 Å². The first kappa shape index (κ1) is 102. The molecule has 0 aliphatic carbocycles. The number of phosphoric acid groups is 2. The lowest BCUT2D eigenvalue weighted by Crippen LogP contribution is -2.30. The Morgan fingerprint density at radius 2 is 0.442 bits per heavy atom. The van der Waals surface area contributed by atoms with Crippen molar-refractivity contribution >= 4 is 39.5 Å². The maximum Gasteiger partial charge on any atom is 0.472 e. The Morgan fingerprint density at radius 3 is 0.654 bits per heavy atom. The summed E-state index contributed by atoms with van der Waals surface area (Å²) in [5, 5.41) is 10.7. The Balaban J connectivity index is 5.18. The van der Waals surface area contributed by atoms with Crippen molar-refractivity contribution in [3.05, 3.63) is 0 Å². The summed E-state index contributed by atoms with van der Waals surface area (Å²) >= 11 is 0. The third-order valence-corrected chi connectivity index (χ3v) is 21.8. The van der Waals surface area contributed by atoms with Gasteiger partial charge in [-0.2, -0.15) is 0 Å². The van der Waals surface area contributed by atoms with Crippen LogP contribution in [0, 0.1) is 17.8 Å². The maximum atomic E-state index is 13.1. The summed E-state index contributed by atoms with van der Waals surface area (Å²) in [6.07, 6.45) is 65.7. The van der Waals surface area contributed by atoms with Crippen molar-refractivity contribution in [1.29, 1.82) is 0 Å². The SMILES string of the molecule is CCCCCCCCCCCCCCCCCCCCCCCCC(=O)O[C@H](COC(=O)CCCCCCCCCCCCCCCCCCCCC(C)C)COP(=O)(O)OC[C@@H](O)COP(=O)(O)OC[C@@H](COC(=O)CCCCCCCCCC(C)C)OC(=O)CCCCCCCCCCC(C)C. The number of unbranched alkanes of at least 4 members (excludes halogenated alkanes) is 51. The van der Waals surface area contributed by atoms with E-state index in [1.807, 2.05) is 0 Å². The van der Waals surface area contributed by atoms with Crippen LogP contribution in [0.5, 0.6) is 0 Å². The lowest BCUT2D eigenvalue weighted by molar-refractivity contribution is -0.161. The highest BCUT2D eigenvalue weighted by Gasteiger charge is 2.30. The van der Waals surface area contributed by atoms with Crippen molar-refractivity contribution in [1.82, 2.24) is 0 Å². The number of carbonyl (C=O) groups excluding carboxylic acids is 4.